The van der Waals surface area contributed by atoms with Crippen LogP contribution in [0.4, 0.5) is 0 Å². The van der Waals surface area contributed by atoms with Gasteiger partial charge >= 0.3 is 0 Å². The second-order valence-electron chi connectivity index (χ2n) is 2.84. The Morgan fingerprint density at radius 1 is 1.38 bits per heavy atom. The van der Waals surface area contributed by atoms with Crippen molar-refractivity contribution in [3.8, 4) is 12.1 Å². The van der Waals surface area contributed by atoms with E-state index in [0.717, 1.165) is 9.37 Å². The van der Waals surface area contributed by atoms with Gasteiger partial charge in [0.2, 0.25) is 0 Å². The summed E-state index contributed by atoms with van der Waals surface area (Å²) >= 11 is 3.20. The van der Waals surface area contributed by atoms with Gasteiger partial charge in [-0.05, 0) is 28.1 Å². The number of halogens is 1. The van der Waals surface area contributed by atoms with Crippen LogP contribution in [-0.4, -0.2) is 28.9 Å². The van der Waals surface area contributed by atoms with Crippen LogP contribution >= 0.6 is 15.9 Å². The molecular formula is C10H7BrN4O. The molecule has 6 heteroatoms. The van der Waals surface area contributed by atoms with Gasteiger partial charge in [0.05, 0.1) is 12.1 Å². The normalized spacial score (nSPS) is 8.94. The van der Waals surface area contributed by atoms with Crippen LogP contribution in [0.5, 0.6) is 0 Å². The number of carbonyl (C=O) groups excluding carboxylic acids is 1. The van der Waals surface area contributed by atoms with Crippen LogP contribution in [0.1, 0.15) is 10.5 Å². The average molecular weight is 279 g/mol. The molecule has 1 aromatic heterocycles. The summed E-state index contributed by atoms with van der Waals surface area (Å²) in [5.41, 5.74) is 0.216. The number of aromatic nitrogens is 1. The molecule has 16 heavy (non-hydrogen) atoms. The first-order valence-electron chi connectivity index (χ1n) is 4.33. The number of hydrogen-bond acceptors (Lipinski definition) is 4. The van der Waals surface area contributed by atoms with Gasteiger partial charge in [0, 0.05) is 10.7 Å². The Bertz CT molecular complexity index is 441. The number of rotatable bonds is 3. The van der Waals surface area contributed by atoms with Crippen LogP contribution in [-0.2, 0) is 0 Å². The average Bonchev–Trinajstić information content (AvgIpc) is 2.29. The quantitative estimate of drug-likeness (QED) is 0.782. The molecule has 0 spiro atoms. The van der Waals surface area contributed by atoms with E-state index in [-0.39, 0.29) is 18.8 Å². The molecule has 0 bridgehead atoms. The summed E-state index contributed by atoms with van der Waals surface area (Å²) in [5, 5.41) is 17.0. The summed E-state index contributed by atoms with van der Waals surface area (Å²) in [4.78, 5) is 16.8. The Morgan fingerprint density at radius 2 is 2.00 bits per heavy atom. The molecule has 0 aliphatic heterocycles. The lowest BCUT2D eigenvalue weighted by molar-refractivity contribution is 0.0789. The van der Waals surface area contributed by atoms with E-state index in [2.05, 4.69) is 20.9 Å². The highest BCUT2D eigenvalue weighted by atomic mass is 79.9. The van der Waals surface area contributed by atoms with E-state index in [1.165, 1.54) is 12.3 Å². The molecule has 0 aliphatic carbocycles. The van der Waals surface area contributed by atoms with Crippen molar-refractivity contribution in [3.63, 3.8) is 0 Å². The number of hydrogen-bond donors (Lipinski definition) is 0. The van der Waals surface area contributed by atoms with E-state index >= 15 is 0 Å². The molecule has 0 aliphatic rings. The molecule has 0 N–H and O–H groups in total. The minimum absolute atomic E-state index is 0.121. The highest BCUT2D eigenvalue weighted by Gasteiger charge is 2.15. The van der Waals surface area contributed by atoms with Crippen LogP contribution in [0.3, 0.4) is 0 Å². The van der Waals surface area contributed by atoms with Crippen molar-refractivity contribution in [2.24, 2.45) is 0 Å². The highest BCUT2D eigenvalue weighted by molar-refractivity contribution is 9.10. The van der Waals surface area contributed by atoms with Crippen LogP contribution in [0.15, 0.2) is 22.8 Å². The van der Waals surface area contributed by atoms with Crippen molar-refractivity contribution in [2.75, 3.05) is 13.1 Å². The second-order valence-corrected chi connectivity index (χ2v) is 3.75. The molecule has 1 rings (SSSR count). The molecule has 0 radical (unpaired) electrons. The zero-order valence-corrected chi connectivity index (χ0v) is 9.81. The van der Waals surface area contributed by atoms with E-state index in [4.69, 9.17) is 10.5 Å². The summed E-state index contributed by atoms with van der Waals surface area (Å²) in [6.45, 7) is -0.242. The number of nitriles is 2. The predicted molar refractivity (Wildman–Crippen MR) is 59.1 cm³/mol. The Balaban J connectivity index is 2.87. The van der Waals surface area contributed by atoms with E-state index < -0.39 is 5.91 Å². The minimum Gasteiger partial charge on any atom is -0.311 e. The van der Waals surface area contributed by atoms with Crippen molar-refractivity contribution in [1.82, 2.24) is 9.88 Å². The molecule has 1 aromatic rings. The molecule has 0 unspecified atom stereocenters. The Morgan fingerprint density at radius 3 is 2.44 bits per heavy atom. The number of amides is 1. The van der Waals surface area contributed by atoms with Crippen molar-refractivity contribution < 1.29 is 4.79 Å². The van der Waals surface area contributed by atoms with Gasteiger partial charge in [0.1, 0.15) is 18.8 Å². The lowest BCUT2D eigenvalue weighted by Crippen LogP contribution is -2.32. The van der Waals surface area contributed by atoms with Gasteiger partial charge in [-0.3, -0.25) is 4.79 Å². The van der Waals surface area contributed by atoms with Crippen LogP contribution in [0.25, 0.3) is 0 Å². The fourth-order valence-electron chi connectivity index (χ4n) is 1.03. The smallest absolute Gasteiger partial charge is 0.274 e. The van der Waals surface area contributed by atoms with Gasteiger partial charge < -0.3 is 4.90 Å². The molecule has 0 atom stereocenters. The lowest BCUT2D eigenvalue weighted by atomic mass is 10.3. The van der Waals surface area contributed by atoms with E-state index in [9.17, 15) is 4.79 Å². The Kier molecular flexibility index (Phi) is 4.43. The third kappa shape index (κ3) is 3.04. The van der Waals surface area contributed by atoms with Gasteiger partial charge in [-0.25, -0.2) is 4.98 Å². The molecule has 5 nitrogen and oxygen atoms in total. The van der Waals surface area contributed by atoms with Crippen molar-refractivity contribution >= 4 is 21.8 Å². The van der Waals surface area contributed by atoms with Gasteiger partial charge in [0.25, 0.3) is 5.91 Å². The van der Waals surface area contributed by atoms with Gasteiger partial charge in [-0.15, -0.1) is 0 Å². The van der Waals surface area contributed by atoms with E-state index in [1.807, 2.05) is 12.1 Å². The molecular weight excluding hydrogens is 272 g/mol. The third-order valence-electron chi connectivity index (χ3n) is 1.76. The van der Waals surface area contributed by atoms with Crippen molar-refractivity contribution in [2.45, 2.75) is 0 Å². The summed E-state index contributed by atoms with van der Waals surface area (Å²) in [6.07, 6.45) is 1.49. The molecule has 0 fully saturated rings. The Labute approximate surface area is 101 Å². The maximum absolute atomic E-state index is 11.8. The fourth-order valence-corrected chi connectivity index (χ4v) is 1.27. The summed E-state index contributed by atoms with van der Waals surface area (Å²) < 4.78 is 0.760. The number of pyridine rings is 1. The maximum atomic E-state index is 11.8. The lowest BCUT2D eigenvalue weighted by Gasteiger charge is -2.14. The van der Waals surface area contributed by atoms with E-state index in [1.54, 1.807) is 6.07 Å². The first kappa shape index (κ1) is 12.2. The van der Waals surface area contributed by atoms with Crippen LogP contribution in [0, 0.1) is 22.7 Å². The first-order valence-corrected chi connectivity index (χ1v) is 5.13. The zero-order valence-electron chi connectivity index (χ0n) is 8.22. The number of carbonyl (C=O) groups is 1. The Hall–Kier alpha value is -1.92. The van der Waals surface area contributed by atoms with Gasteiger partial charge in [-0.1, -0.05) is 0 Å². The molecule has 0 saturated carbocycles. The van der Waals surface area contributed by atoms with Crippen molar-refractivity contribution in [1.29, 1.82) is 10.5 Å². The van der Waals surface area contributed by atoms with Gasteiger partial charge in [-0.2, -0.15) is 10.5 Å². The van der Waals surface area contributed by atoms with Gasteiger partial charge in [0.15, 0.2) is 0 Å². The minimum atomic E-state index is -0.421. The maximum Gasteiger partial charge on any atom is 0.274 e. The van der Waals surface area contributed by atoms with Crippen molar-refractivity contribution in [3.05, 3.63) is 28.5 Å². The largest absolute Gasteiger partial charge is 0.311 e. The summed E-state index contributed by atoms with van der Waals surface area (Å²) in [5.74, 6) is -0.421. The zero-order chi connectivity index (χ0) is 12.0. The monoisotopic (exact) mass is 278 g/mol. The molecule has 0 aromatic carbocycles. The standard InChI is InChI=1S/C10H7BrN4O/c11-8-1-2-9(14-7-8)10(16)15(5-3-12)6-4-13/h1-2,7H,5-6H2. The highest BCUT2D eigenvalue weighted by Crippen LogP contribution is 2.09. The SMILES string of the molecule is N#CCN(CC#N)C(=O)c1ccc(Br)cn1. The molecule has 1 heterocycles. The molecule has 0 saturated heterocycles. The summed E-state index contributed by atoms with van der Waals surface area (Å²) in [7, 11) is 0. The molecule has 1 amide bonds. The van der Waals surface area contributed by atoms with Crippen LogP contribution < -0.4 is 0 Å². The summed E-state index contributed by atoms with van der Waals surface area (Å²) in [6, 6.07) is 6.88. The van der Waals surface area contributed by atoms with E-state index in [0.29, 0.717) is 0 Å². The topological polar surface area (TPSA) is 80.8 Å². The predicted octanol–water partition coefficient (Wildman–Crippen LogP) is 1.33. The molecule has 80 valence electrons. The number of nitrogens with zero attached hydrogens (tertiary/aromatic N) is 4. The first-order chi connectivity index (χ1) is 7.69. The van der Waals surface area contributed by atoms with Crippen LogP contribution in [0.2, 0.25) is 0 Å². The fraction of sp³-hybridized carbons (Fsp3) is 0.200. The third-order valence-corrected chi connectivity index (χ3v) is 2.23. The second kappa shape index (κ2) is 5.84.